The summed E-state index contributed by atoms with van der Waals surface area (Å²) < 4.78 is 52.7. The van der Waals surface area contributed by atoms with Gasteiger partial charge in [0.25, 0.3) is 0 Å². The second-order valence-corrected chi connectivity index (χ2v) is 10.4. The number of ketones is 1. The number of aryl methyl sites for hydroxylation is 3. The molecule has 0 N–H and O–H groups in total. The predicted molar refractivity (Wildman–Crippen MR) is 148 cm³/mol. The van der Waals surface area contributed by atoms with Crippen LogP contribution in [0, 0.1) is 20.8 Å². The molecule has 0 aliphatic heterocycles. The molecule has 0 spiro atoms. The Morgan fingerprint density at radius 2 is 1.59 bits per heavy atom. The van der Waals surface area contributed by atoms with E-state index < -0.39 is 40.4 Å². The second kappa shape index (κ2) is 12.0. The molecule has 210 valence electrons. The van der Waals surface area contributed by atoms with Crippen molar-refractivity contribution in [3.8, 4) is 5.75 Å². The zero-order valence-electron chi connectivity index (χ0n) is 23.7. The fourth-order valence-electron chi connectivity index (χ4n) is 3.61. The summed E-state index contributed by atoms with van der Waals surface area (Å²) >= 11 is 0. The molecule has 2 aromatic rings. The molecule has 0 bridgehead atoms. The van der Waals surface area contributed by atoms with Gasteiger partial charge < -0.3 is 9.47 Å². The van der Waals surface area contributed by atoms with Crippen molar-refractivity contribution >= 4 is 23.9 Å². The third-order valence-corrected chi connectivity index (χ3v) is 6.18. The first kappa shape index (κ1) is 31.5. The van der Waals surface area contributed by atoms with Gasteiger partial charge in [0.1, 0.15) is 11.4 Å². The topological polar surface area (TPSA) is 65.5 Å². The van der Waals surface area contributed by atoms with Crippen LogP contribution in [-0.2, 0) is 15.7 Å². The lowest BCUT2D eigenvalue weighted by molar-refractivity contribution is -0.172. The van der Waals surface area contributed by atoms with Crippen LogP contribution in [0.25, 0.3) is 12.2 Å². The molecule has 0 radical (unpaired) electrons. The fraction of sp³-hybridized carbons (Fsp3) is 0.387. The number of hydrogen-bond donors (Lipinski definition) is 0. The molecule has 0 saturated carbocycles. The highest BCUT2D eigenvalue weighted by Crippen LogP contribution is 2.33. The Balaban J connectivity index is 2.38. The molecule has 2 rings (SSSR count). The SMILES string of the molecule is C=C/C=C\c1cc(C(=O)/C=C/c2cc(C)c(OC(C)(C)C(=O)OC(C)(C)CC)c(C)c2)c(C(F)(F)F)nc1C. The monoisotopic (exact) mass is 543 g/mol. The van der Waals surface area contributed by atoms with Crippen LogP contribution in [0.15, 0.2) is 43.0 Å². The van der Waals surface area contributed by atoms with E-state index in [0.29, 0.717) is 34.4 Å². The first-order valence-corrected chi connectivity index (χ1v) is 12.6. The summed E-state index contributed by atoms with van der Waals surface area (Å²) in [6.07, 6.45) is 2.95. The van der Waals surface area contributed by atoms with Crippen LogP contribution >= 0.6 is 0 Å². The third-order valence-electron chi connectivity index (χ3n) is 6.18. The minimum Gasteiger partial charge on any atom is -0.476 e. The highest BCUT2D eigenvalue weighted by molar-refractivity contribution is 6.08. The van der Waals surface area contributed by atoms with Crippen LogP contribution in [0.1, 0.15) is 85.0 Å². The highest BCUT2D eigenvalue weighted by atomic mass is 19.4. The second-order valence-electron chi connectivity index (χ2n) is 10.4. The summed E-state index contributed by atoms with van der Waals surface area (Å²) in [5.41, 5.74) is -1.20. The number of halogens is 3. The number of benzene rings is 1. The Hall–Kier alpha value is -3.68. The largest absolute Gasteiger partial charge is 0.476 e. The number of carbonyl (C=O) groups excluding carboxylic acids is 2. The van der Waals surface area contributed by atoms with Crippen molar-refractivity contribution in [2.75, 3.05) is 0 Å². The molecule has 0 aliphatic carbocycles. The van der Waals surface area contributed by atoms with Gasteiger partial charge in [-0.15, -0.1) is 0 Å². The lowest BCUT2D eigenvalue weighted by atomic mass is 10.0. The summed E-state index contributed by atoms with van der Waals surface area (Å²) in [4.78, 5) is 29.3. The number of pyridine rings is 1. The number of alkyl halides is 3. The van der Waals surface area contributed by atoms with Gasteiger partial charge in [-0.1, -0.05) is 37.8 Å². The maximum Gasteiger partial charge on any atom is 0.434 e. The lowest BCUT2D eigenvalue weighted by Gasteiger charge is -2.31. The van der Waals surface area contributed by atoms with Crippen molar-refractivity contribution in [1.29, 1.82) is 0 Å². The fourth-order valence-corrected chi connectivity index (χ4v) is 3.61. The van der Waals surface area contributed by atoms with E-state index in [2.05, 4.69) is 11.6 Å². The molecule has 1 heterocycles. The number of hydrogen-bond acceptors (Lipinski definition) is 5. The van der Waals surface area contributed by atoms with Crippen LogP contribution < -0.4 is 4.74 Å². The molecule has 0 amide bonds. The molecule has 0 saturated heterocycles. The number of allylic oxidation sites excluding steroid dienone is 3. The summed E-state index contributed by atoms with van der Waals surface area (Å²) in [6, 6.07) is 4.63. The molecular formula is C31H36F3NO4. The maximum absolute atomic E-state index is 13.7. The lowest BCUT2D eigenvalue weighted by Crippen LogP contribution is -2.44. The van der Waals surface area contributed by atoms with Crippen LogP contribution in [0.3, 0.4) is 0 Å². The molecule has 1 aromatic heterocycles. The molecule has 5 nitrogen and oxygen atoms in total. The molecule has 0 atom stereocenters. The number of esters is 1. The summed E-state index contributed by atoms with van der Waals surface area (Å²) in [5, 5.41) is 0. The standard InChI is InChI=1S/C31H36F3NO4/c1-10-12-13-23-18-24(27(31(32,33)34)35-21(23)5)25(36)15-14-22-16-19(3)26(20(4)17-22)38-30(8,9)28(37)39-29(6,7)11-2/h10,12-18H,1,11H2,2-9H3/b13-12-,15-14+. The molecule has 8 heteroatoms. The van der Waals surface area contributed by atoms with Gasteiger partial charge in [-0.3, -0.25) is 4.79 Å². The zero-order chi connectivity index (χ0) is 29.8. The summed E-state index contributed by atoms with van der Waals surface area (Å²) in [7, 11) is 0. The van der Waals surface area contributed by atoms with Crippen LogP contribution in [0.2, 0.25) is 0 Å². The number of aromatic nitrogens is 1. The van der Waals surface area contributed by atoms with E-state index >= 15 is 0 Å². The average Bonchev–Trinajstić information content (AvgIpc) is 2.83. The van der Waals surface area contributed by atoms with Crippen molar-refractivity contribution in [3.63, 3.8) is 0 Å². The van der Waals surface area contributed by atoms with Crippen molar-refractivity contribution in [1.82, 2.24) is 4.98 Å². The van der Waals surface area contributed by atoms with Crippen molar-refractivity contribution in [3.05, 3.63) is 82.2 Å². The van der Waals surface area contributed by atoms with Gasteiger partial charge in [-0.25, -0.2) is 9.78 Å². The average molecular weight is 544 g/mol. The first-order chi connectivity index (χ1) is 17.9. The molecule has 1 aromatic carbocycles. The number of rotatable bonds is 10. The van der Waals surface area contributed by atoms with E-state index in [9.17, 15) is 22.8 Å². The smallest absolute Gasteiger partial charge is 0.434 e. The van der Waals surface area contributed by atoms with Gasteiger partial charge in [0.15, 0.2) is 17.1 Å². The van der Waals surface area contributed by atoms with E-state index in [1.54, 1.807) is 52.0 Å². The van der Waals surface area contributed by atoms with Crippen LogP contribution in [0.5, 0.6) is 5.75 Å². The van der Waals surface area contributed by atoms with E-state index in [1.807, 2.05) is 20.8 Å². The summed E-state index contributed by atoms with van der Waals surface area (Å²) in [6.45, 7) is 17.4. The molecule has 39 heavy (non-hydrogen) atoms. The van der Waals surface area contributed by atoms with Crippen LogP contribution in [0.4, 0.5) is 13.2 Å². The number of carbonyl (C=O) groups is 2. The Labute approximate surface area is 228 Å². The van der Waals surface area contributed by atoms with Crippen molar-refractivity contribution in [2.24, 2.45) is 0 Å². The molecule has 0 aliphatic rings. The number of ether oxygens (including phenoxy) is 2. The Morgan fingerprint density at radius 1 is 1.00 bits per heavy atom. The Kier molecular flexibility index (Phi) is 9.71. The maximum atomic E-state index is 13.7. The van der Waals surface area contributed by atoms with E-state index in [0.717, 1.165) is 6.08 Å². The van der Waals surface area contributed by atoms with Gasteiger partial charge in [0.2, 0.25) is 0 Å². The van der Waals surface area contributed by atoms with E-state index in [1.165, 1.54) is 25.1 Å². The molecule has 0 fully saturated rings. The minimum atomic E-state index is -4.79. The van der Waals surface area contributed by atoms with Crippen LogP contribution in [-0.4, -0.2) is 27.9 Å². The Bertz CT molecular complexity index is 1290. The minimum absolute atomic E-state index is 0.146. The predicted octanol–water partition coefficient (Wildman–Crippen LogP) is 8.01. The summed E-state index contributed by atoms with van der Waals surface area (Å²) in [5.74, 6) is -0.853. The molecule has 0 unspecified atom stereocenters. The quantitative estimate of drug-likeness (QED) is 0.131. The van der Waals surface area contributed by atoms with Crippen molar-refractivity contribution in [2.45, 2.75) is 79.2 Å². The molecular weight excluding hydrogens is 507 g/mol. The van der Waals surface area contributed by atoms with Gasteiger partial charge in [0, 0.05) is 5.69 Å². The Morgan fingerprint density at radius 3 is 2.10 bits per heavy atom. The van der Waals surface area contributed by atoms with Gasteiger partial charge >= 0.3 is 12.1 Å². The van der Waals surface area contributed by atoms with E-state index in [-0.39, 0.29) is 5.69 Å². The van der Waals surface area contributed by atoms with Gasteiger partial charge in [-0.05, 0) is 101 Å². The normalized spacial score (nSPS) is 12.7. The van der Waals surface area contributed by atoms with Crippen molar-refractivity contribution < 1.29 is 32.2 Å². The number of nitrogens with zero attached hydrogens (tertiary/aromatic N) is 1. The third kappa shape index (κ3) is 8.15. The van der Waals surface area contributed by atoms with E-state index in [4.69, 9.17) is 9.47 Å². The zero-order valence-corrected chi connectivity index (χ0v) is 23.7. The van der Waals surface area contributed by atoms with Gasteiger partial charge in [-0.2, -0.15) is 13.2 Å². The first-order valence-electron chi connectivity index (χ1n) is 12.6. The van der Waals surface area contributed by atoms with Gasteiger partial charge in [0.05, 0.1) is 5.56 Å². The highest BCUT2D eigenvalue weighted by Gasteiger charge is 2.38.